The highest BCUT2D eigenvalue weighted by atomic mass is 32.2. The first-order valence-electron chi connectivity index (χ1n) is 6.76. The van der Waals surface area contributed by atoms with Gasteiger partial charge in [0.05, 0.1) is 0 Å². The third kappa shape index (κ3) is 3.80. The number of carboxylic acids is 1. The Kier molecular flexibility index (Phi) is 5.34. The van der Waals surface area contributed by atoms with E-state index in [0.717, 1.165) is 37.0 Å². The molecule has 1 saturated carbocycles. The summed E-state index contributed by atoms with van der Waals surface area (Å²) in [5.74, 6) is -1.21. The summed E-state index contributed by atoms with van der Waals surface area (Å²) >= 11 is 2.63. The molecule has 21 heavy (non-hydrogen) atoms. The maximum Gasteiger partial charge on any atom is 0.347 e. The number of aromatic carboxylic acids is 1. The Morgan fingerprint density at radius 2 is 2.10 bits per heavy atom. The topological polar surface area (TPSA) is 83.5 Å². The molecule has 2 N–H and O–H groups in total. The van der Waals surface area contributed by atoms with Gasteiger partial charge in [0.25, 0.3) is 0 Å². The first-order valence-corrected chi connectivity index (χ1v) is 10.3. The molecule has 0 amide bonds. The fourth-order valence-electron chi connectivity index (χ4n) is 2.62. The molecule has 1 aromatic heterocycles. The van der Waals surface area contributed by atoms with Crippen LogP contribution in [0.3, 0.4) is 0 Å². The number of carboxylic acid groups (broad SMARTS) is 1. The van der Waals surface area contributed by atoms with E-state index in [9.17, 15) is 13.2 Å². The highest BCUT2D eigenvalue weighted by Gasteiger charge is 2.33. The van der Waals surface area contributed by atoms with E-state index < -0.39 is 16.0 Å². The van der Waals surface area contributed by atoms with Gasteiger partial charge in [0.2, 0.25) is 10.0 Å². The Morgan fingerprint density at radius 3 is 2.67 bits per heavy atom. The summed E-state index contributed by atoms with van der Waals surface area (Å²) in [7, 11) is -3.77. The molecule has 1 aromatic rings. The van der Waals surface area contributed by atoms with E-state index in [4.69, 9.17) is 5.11 Å². The largest absolute Gasteiger partial charge is 0.477 e. The molecule has 1 fully saturated rings. The molecule has 5 nitrogen and oxygen atoms in total. The Labute approximate surface area is 133 Å². The van der Waals surface area contributed by atoms with Gasteiger partial charge in [-0.15, -0.1) is 11.3 Å². The van der Waals surface area contributed by atoms with Crippen LogP contribution in [0.1, 0.15) is 41.8 Å². The molecule has 1 aliphatic carbocycles. The fourth-order valence-corrected chi connectivity index (χ4v) is 6.01. The minimum absolute atomic E-state index is 0.0648. The Morgan fingerprint density at radius 1 is 1.43 bits per heavy atom. The molecule has 8 heteroatoms. The van der Waals surface area contributed by atoms with Gasteiger partial charge in [-0.3, -0.25) is 0 Å². The normalized spacial score (nSPS) is 18.5. The number of thioether (sulfide) groups is 1. The standard InChI is InChI=1S/C13H19NO4S3/c1-19-13(6-3-2-4-7-13)9-14-21(17,18)10-5-8-20-11(10)12(15)16/h5,8,14H,2-4,6-7,9H2,1H3,(H,15,16). The van der Waals surface area contributed by atoms with Crippen molar-refractivity contribution in [2.75, 3.05) is 12.8 Å². The molecule has 0 aliphatic heterocycles. The zero-order valence-corrected chi connectivity index (χ0v) is 14.2. The van der Waals surface area contributed by atoms with Crippen LogP contribution in [-0.4, -0.2) is 37.0 Å². The van der Waals surface area contributed by atoms with Gasteiger partial charge >= 0.3 is 5.97 Å². The van der Waals surface area contributed by atoms with Crippen LogP contribution in [0.5, 0.6) is 0 Å². The molecule has 0 atom stereocenters. The molecule has 0 aromatic carbocycles. The predicted molar refractivity (Wildman–Crippen MR) is 85.8 cm³/mol. The lowest BCUT2D eigenvalue weighted by molar-refractivity contribution is 0.0698. The van der Waals surface area contributed by atoms with Gasteiger partial charge in [-0.2, -0.15) is 11.8 Å². The molecule has 0 bridgehead atoms. The maximum atomic E-state index is 12.3. The molecule has 0 saturated heterocycles. The first kappa shape index (κ1) is 16.8. The Bertz CT molecular complexity index is 603. The van der Waals surface area contributed by atoms with Crippen LogP contribution in [0, 0.1) is 0 Å². The van der Waals surface area contributed by atoms with Crippen molar-refractivity contribution in [3.05, 3.63) is 16.3 Å². The summed E-state index contributed by atoms with van der Waals surface area (Å²) < 4.78 is 27.2. The zero-order valence-electron chi connectivity index (χ0n) is 11.8. The van der Waals surface area contributed by atoms with E-state index in [1.807, 2.05) is 6.26 Å². The molecule has 0 spiro atoms. The Hall–Kier alpha value is -0.570. The van der Waals surface area contributed by atoms with Crippen LogP contribution < -0.4 is 4.72 Å². The molecular weight excluding hydrogens is 330 g/mol. The third-order valence-electron chi connectivity index (χ3n) is 3.90. The molecule has 0 unspecified atom stereocenters. The quantitative estimate of drug-likeness (QED) is 0.825. The van der Waals surface area contributed by atoms with Gasteiger partial charge in [0, 0.05) is 11.3 Å². The fraction of sp³-hybridized carbons (Fsp3) is 0.615. The van der Waals surface area contributed by atoms with Gasteiger partial charge in [0.1, 0.15) is 9.77 Å². The number of carbonyl (C=O) groups is 1. The highest BCUT2D eigenvalue weighted by molar-refractivity contribution is 8.00. The number of hydrogen-bond acceptors (Lipinski definition) is 5. The van der Waals surface area contributed by atoms with Crippen molar-refractivity contribution in [2.45, 2.75) is 41.7 Å². The van der Waals surface area contributed by atoms with Gasteiger partial charge in [-0.25, -0.2) is 17.9 Å². The lowest BCUT2D eigenvalue weighted by Gasteiger charge is -2.35. The number of thiophene rings is 1. The summed E-state index contributed by atoms with van der Waals surface area (Å²) in [5.41, 5.74) is 0. The third-order valence-corrected chi connectivity index (χ3v) is 7.79. The van der Waals surface area contributed by atoms with Crippen molar-refractivity contribution in [1.29, 1.82) is 0 Å². The second-order valence-electron chi connectivity index (χ2n) is 5.19. The van der Waals surface area contributed by atoms with E-state index in [-0.39, 0.29) is 14.5 Å². The highest BCUT2D eigenvalue weighted by Crippen LogP contribution is 2.38. The molecule has 1 aliphatic rings. The summed E-state index contributed by atoms with van der Waals surface area (Å²) in [5, 5.41) is 10.5. The molecule has 1 heterocycles. The number of nitrogens with one attached hydrogen (secondary N) is 1. The molecule has 0 radical (unpaired) electrons. The van der Waals surface area contributed by atoms with Crippen molar-refractivity contribution in [3.63, 3.8) is 0 Å². The van der Waals surface area contributed by atoms with Crippen LogP contribution in [-0.2, 0) is 10.0 Å². The van der Waals surface area contributed by atoms with Crippen LogP contribution >= 0.6 is 23.1 Å². The van der Waals surface area contributed by atoms with Crippen molar-refractivity contribution in [3.8, 4) is 0 Å². The van der Waals surface area contributed by atoms with E-state index in [2.05, 4.69) is 4.72 Å². The number of hydrogen-bond donors (Lipinski definition) is 2. The molecular formula is C13H19NO4S3. The van der Waals surface area contributed by atoms with Crippen molar-refractivity contribution in [2.24, 2.45) is 0 Å². The average molecular weight is 349 g/mol. The molecule has 2 rings (SSSR count). The maximum absolute atomic E-state index is 12.3. The van der Waals surface area contributed by atoms with E-state index in [1.165, 1.54) is 17.9 Å². The van der Waals surface area contributed by atoms with E-state index in [0.29, 0.717) is 6.54 Å². The summed E-state index contributed by atoms with van der Waals surface area (Å²) in [6, 6.07) is 1.35. The minimum Gasteiger partial charge on any atom is -0.477 e. The number of sulfonamides is 1. The zero-order chi connectivity index (χ0) is 15.5. The van der Waals surface area contributed by atoms with Gasteiger partial charge in [0.15, 0.2) is 0 Å². The van der Waals surface area contributed by atoms with Crippen LogP contribution in [0.15, 0.2) is 16.3 Å². The average Bonchev–Trinajstić information content (AvgIpc) is 2.97. The summed E-state index contributed by atoms with van der Waals surface area (Å²) in [6.07, 6.45) is 7.41. The van der Waals surface area contributed by atoms with E-state index in [1.54, 1.807) is 11.8 Å². The van der Waals surface area contributed by atoms with Crippen molar-refractivity contribution >= 4 is 39.1 Å². The van der Waals surface area contributed by atoms with Crippen LogP contribution in [0.2, 0.25) is 0 Å². The van der Waals surface area contributed by atoms with Crippen LogP contribution in [0.4, 0.5) is 0 Å². The van der Waals surface area contributed by atoms with Gasteiger partial charge in [-0.05, 0) is 30.5 Å². The van der Waals surface area contributed by atoms with E-state index >= 15 is 0 Å². The molecule has 118 valence electrons. The lowest BCUT2D eigenvalue weighted by atomic mass is 9.88. The first-order chi connectivity index (χ1) is 9.90. The predicted octanol–water partition coefficient (Wildman–Crippen LogP) is 2.79. The monoisotopic (exact) mass is 349 g/mol. The number of rotatable bonds is 6. The van der Waals surface area contributed by atoms with Crippen molar-refractivity contribution in [1.82, 2.24) is 4.72 Å². The lowest BCUT2D eigenvalue weighted by Crippen LogP contribution is -2.41. The van der Waals surface area contributed by atoms with Crippen molar-refractivity contribution < 1.29 is 18.3 Å². The van der Waals surface area contributed by atoms with Gasteiger partial charge in [-0.1, -0.05) is 19.3 Å². The second-order valence-corrected chi connectivity index (χ2v) is 9.12. The smallest absolute Gasteiger partial charge is 0.347 e. The van der Waals surface area contributed by atoms with Crippen LogP contribution in [0.25, 0.3) is 0 Å². The summed E-state index contributed by atoms with van der Waals surface area (Å²) in [4.78, 5) is 10.8. The summed E-state index contributed by atoms with van der Waals surface area (Å²) in [6.45, 7) is 0.353. The van der Waals surface area contributed by atoms with Gasteiger partial charge < -0.3 is 5.11 Å². The second kappa shape index (κ2) is 6.68. The minimum atomic E-state index is -3.77. The SMILES string of the molecule is CSC1(CNS(=O)(=O)c2ccsc2C(=O)O)CCCCC1. The Balaban J connectivity index is 2.14.